The zero-order valence-corrected chi connectivity index (χ0v) is 44.5. The Kier molecular flexibility index (Phi) is 14.8. The Morgan fingerprint density at radius 2 is 1.66 bits per heavy atom. The molecule has 6 aliphatic heterocycles. The third-order valence-corrected chi connectivity index (χ3v) is 16.9. The second-order valence-corrected chi connectivity index (χ2v) is 21.9. The summed E-state index contributed by atoms with van der Waals surface area (Å²) in [7, 11) is 0. The molecule has 12 rings (SSSR count). The van der Waals surface area contributed by atoms with Crippen molar-refractivity contribution in [2.24, 2.45) is 0 Å². The van der Waals surface area contributed by atoms with Gasteiger partial charge in [-0.3, -0.25) is 39.0 Å². The first-order valence-corrected chi connectivity index (χ1v) is 28.0. The SMILES string of the molecule is CCc1c(F)ccc2cc(O)cc(-c3nc(N4CCCn5nc(C(=O)N6CCN(C(=O)CN7CCC(c8ccc(NC9CCC(=O)NC9=O)cc8)CC7)CC6)cc5C4)c4cnc(OCCCN5C6CCC5COC6)c(F)c4n3)c12. The van der Waals surface area contributed by atoms with Crippen LogP contribution in [0, 0.1) is 11.6 Å². The highest BCUT2D eigenvalue weighted by Crippen LogP contribution is 2.39. The lowest BCUT2D eigenvalue weighted by molar-refractivity contribution is -0.135. The number of carbonyl (C=O) groups is 4. The number of piperazine rings is 1. The van der Waals surface area contributed by atoms with E-state index in [4.69, 9.17) is 24.5 Å². The number of carbonyl (C=O) groups excluding carboxylic acids is 4. The van der Waals surface area contributed by atoms with Gasteiger partial charge in [-0.25, -0.2) is 19.3 Å². The fourth-order valence-corrected chi connectivity index (χ4v) is 12.7. The van der Waals surface area contributed by atoms with E-state index in [1.165, 1.54) is 23.9 Å². The molecule has 6 aromatic rings. The number of aromatic nitrogens is 5. The number of piperidine rings is 2. The fraction of sp³-hybridized carbons (Fsp3) is 0.483. The first kappa shape index (κ1) is 52.3. The lowest BCUT2D eigenvalue weighted by Crippen LogP contribution is -2.53. The molecule has 0 saturated carbocycles. The Morgan fingerprint density at radius 3 is 2.42 bits per heavy atom. The predicted molar refractivity (Wildman–Crippen MR) is 291 cm³/mol. The average molecular weight is 1080 g/mol. The van der Waals surface area contributed by atoms with E-state index >= 15 is 8.78 Å². The summed E-state index contributed by atoms with van der Waals surface area (Å²) in [5.41, 5.74) is 3.85. The van der Waals surface area contributed by atoms with Crippen LogP contribution in [0.3, 0.4) is 0 Å². The van der Waals surface area contributed by atoms with Crippen molar-refractivity contribution < 1.29 is 42.5 Å². The molecule has 3 N–H and O–H groups in total. The number of phenolic OH excluding ortho intramolecular Hbond substituents is 1. The molecule has 3 aromatic heterocycles. The van der Waals surface area contributed by atoms with E-state index in [2.05, 4.69) is 37.6 Å². The molecule has 0 aliphatic carbocycles. The third kappa shape index (κ3) is 10.8. The molecule has 2 bridgehead atoms. The van der Waals surface area contributed by atoms with Gasteiger partial charge in [0, 0.05) is 81.8 Å². The first-order valence-electron chi connectivity index (χ1n) is 28.0. The number of ether oxygens (including phenoxy) is 2. The van der Waals surface area contributed by atoms with Crippen LogP contribution in [0.25, 0.3) is 33.1 Å². The molecule has 3 unspecified atom stereocenters. The molecule has 6 aliphatic rings. The van der Waals surface area contributed by atoms with E-state index in [0.717, 1.165) is 69.9 Å². The number of pyridine rings is 1. The molecule has 5 saturated heterocycles. The molecular formula is C58H66F2N12O7. The molecule has 3 aromatic carbocycles. The van der Waals surface area contributed by atoms with Crippen LogP contribution in [0.1, 0.15) is 91.5 Å². The maximum absolute atomic E-state index is 17.0. The number of amides is 4. The number of nitrogens with zero attached hydrogens (tertiary/aromatic N) is 10. The van der Waals surface area contributed by atoms with Crippen molar-refractivity contribution in [2.45, 2.75) is 102 Å². The molecule has 21 heteroatoms. The Hall–Kier alpha value is -7.36. The van der Waals surface area contributed by atoms with Gasteiger partial charge in [0.15, 0.2) is 11.5 Å². The van der Waals surface area contributed by atoms with Gasteiger partial charge >= 0.3 is 0 Å². The maximum Gasteiger partial charge on any atom is 0.274 e. The van der Waals surface area contributed by atoms with E-state index in [1.54, 1.807) is 23.1 Å². The standard InChI is InChI=1S/C58H66F2N12O7/c1-2-43-46(59)12-7-37-27-42(73)29-44(51(37)43)54-64-53-45(30-61-57(52(53)60)79-26-4-18-71-39-10-11-40(71)34-78-33-39)55(65-54)70-17-3-19-72-41(31-70)28-48(66-72)58(77)69-24-22-68(23-25-69)50(75)32-67-20-15-36(16-21-67)35-5-8-38(9-6-35)62-47-13-14-49(74)63-56(47)76/h5-9,12,27-30,36,39-40,47,62,73H,2-4,10-11,13-26,31-34H2,1H3,(H,63,74,76). The molecule has 9 heterocycles. The number of halogens is 2. The number of morpholine rings is 1. The van der Waals surface area contributed by atoms with Gasteiger partial charge in [-0.1, -0.05) is 25.1 Å². The highest BCUT2D eigenvalue weighted by molar-refractivity contribution is 6.02. The minimum absolute atomic E-state index is 0.0275. The van der Waals surface area contributed by atoms with Crippen molar-refractivity contribution in [3.8, 4) is 23.0 Å². The van der Waals surface area contributed by atoms with E-state index < -0.39 is 17.7 Å². The minimum Gasteiger partial charge on any atom is -0.508 e. The van der Waals surface area contributed by atoms with Crippen molar-refractivity contribution >= 4 is 56.8 Å². The van der Waals surface area contributed by atoms with Gasteiger partial charge in [-0.15, -0.1) is 0 Å². The number of hydrogen-bond donors (Lipinski definition) is 3. The van der Waals surface area contributed by atoms with Crippen molar-refractivity contribution in [1.82, 2.24) is 49.6 Å². The van der Waals surface area contributed by atoms with Gasteiger partial charge in [-0.2, -0.15) is 9.49 Å². The largest absolute Gasteiger partial charge is 0.508 e. The lowest BCUT2D eigenvalue weighted by atomic mass is 9.89. The number of phenols is 1. The van der Waals surface area contributed by atoms with Crippen molar-refractivity contribution in [1.29, 1.82) is 0 Å². The Morgan fingerprint density at radius 1 is 0.886 bits per heavy atom. The van der Waals surface area contributed by atoms with E-state index in [0.29, 0.717) is 135 Å². The number of rotatable bonds is 14. The molecule has 4 amide bonds. The smallest absolute Gasteiger partial charge is 0.274 e. The van der Waals surface area contributed by atoms with E-state index in [9.17, 15) is 24.3 Å². The van der Waals surface area contributed by atoms with Crippen molar-refractivity contribution in [2.75, 3.05) is 88.9 Å². The van der Waals surface area contributed by atoms with Crippen molar-refractivity contribution in [3.05, 3.63) is 94.9 Å². The number of nitrogens with one attached hydrogen (secondary N) is 2. The van der Waals surface area contributed by atoms with Gasteiger partial charge in [0.05, 0.1) is 44.0 Å². The van der Waals surface area contributed by atoms with Gasteiger partial charge in [0.25, 0.3) is 11.8 Å². The predicted octanol–water partition coefficient (Wildman–Crippen LogP) is 6.01. The molecule has 5 fully saturated rings. The van der Waals surface area contributed by atoms with Crippen LogP contribution in [0.2, 0.25) is 0 Å². The van der Waals surface area contributed by atoms with E-state index in [-0.39, 0.29) is 59.8 Å². The van der Waals surface area contributed by atoms with Crippen LogP contribution in [0.15, 0.2) is 60.8 Å². The molecular weight excluding hydrogens is 1010 g/mol. The molecule has 0 radical (unpaired) electrons. The van der Waals surface area contributed by atoms with Gasteiger partial charge in [-0.05, 0) is 129 Å². The zero-order valence-electron chi connectivity index (χ0n) is 44.5. The van der Waals surface area contributed by atoms with Crippen molar-refractivity contribution in [3.63, 3.8) is 0 Å². The Bertz CT molecular complexity index is 3290. The van der Waals surface area contributed by atoms with Crippen LogP contribution >= 0.6 is 0 Å². The Balaban J connectivity index is 0.707. The molecule has 79 heavy (non-hydrogen) atoms. The summed E-state index contributed by atoms with van der Waals surface area (Å²) in [6.45, 7) is 9.10. The number of anilines is 2. The van der Waals surface area contributed by atoms with E-state index in [1.807, 2.05) is 33.5 Å². The summed E-state index contributed by atoms with van der Waals surface area (Å²) in [6.07, 6.45) is 8.01. The van der Waals surface area contributed by atoms with Gasteiger partial charge in [0.2, 0.25) is 23.5 Å². The quantitative estimate of drug-likeness (QED) is 0.0845. The number of hydrogen-bond acceptors (Lipinski definition) is 15. The highest BCUT2D eigenvalue weighted by Gasteiger charge is 2.37. The molecule has 19 nitrogen and oxygen atoms in total. The number of likely N-dealkylation sites (tertiary alicyclic amines) is 1. The monoisotopic (exact) mass is 1080 g/mol. The summed E-state index contributed by atoms with van der Waals surface area (Å²) in [5.74, 6) is -1.29. The fourth-order valence-electron chi connectivity index (χ4n) is 12.7. The maximum atomic E-state index is 17.0. The zero-order chi connectivity index (χ0) is 54.3. The average Bonchev–Trinajstić information content (AvgIpc) is 4.00. The number of benzene rings is 3. The topological polar surface area (TPSA) is 204 Å². The summed E-state index contributed by atoms with van der Waals surface area (Å²) in [6, 6.07) is 16.3. The number of aromatic hydroxyl groups is 1. The molecule has 414 valence electrons. The summed E-state index contributed by atoms with van der Waals surface area (Å²) >= 11 is 0. The number of fused-ring (bicyclic) bond motifs is 5. The first-order chi connectivity index (χ1) is 38.4. The molecule has 0 spiro atoms. The summed E-state index contributed by atoms with van der Waals surface area (Å²) < 4.78 is 46.1. The summed E-state index contributed by atoms with van der Waals surface area (Å²) in [5, 5.41) is 22.9. The number of imide groups is 1. The van der Waals surface area contributed by atoms with Crippen LogP contribution in [-0.4, -0.2) is 170 Å². The second kappa shape index (κ2) is 22.4. The van der Waals surface area contributed by atoms with Crippen LogP contribution in [-0.2, 0) is 38.6 Å². The normalized spacial score (nSPS) is 21.4. The van der Waals surface area contributed by atoms with Crippen LogP contribution in [0.4, 0.5) is 20.3 Å². The van der Waals surface area contributed by atoms with Crippen LogP contribution in [0.5, 0.6) is 11.6 Å². The van der Waals surface area contributed by atoms with Crippen LogP contribution < -0.4 is 20.3 Å². The summed E-state index contributed by atoms with van der Waals surface area (Å²) in [4.78, 5) is 76.2. The number of aryl methyl sites for hydroxylation is 2. The van der Waals surface area contributed by atoms with Gasteiger partial charge in [0.1, 0.15) is 28.9 Å². The highest BCUT2D eigenvalue weighted by atomic mass is 19.1. The lowest BCUT2D eigenvalue weighted by Gasteiger charge is -2.37. The molecule has 3 atom stereocenters. The Labute approximate surface area is 456 Å². The van der Waals surface area contributed by atoms with Gasteiger partial charge < -0.3 is 34.6 Å². The second-order valence-electron chi connectivity index (χ2n) is 21.9. The minimum atomic E-state index is -0.751. The third-order valence-electron chi connectivity index (χ3n) is 16.9.